The molecule has 1 aliphatic carbocycles. The van der Waals surface area contributed by atoms with Gasteiger partial charge in [-0.3, -0.25) is 0 Å². The van der Waals surface area contributed by atoms with Crippen molar-refractivity contribution in [3.63, 3.8) is 0 Å². The second-order valence-corrected chi connectivity index (χ2v) is 7.34. The number of hydrogen-bond donors (Lipinski definition) is 1. The van der Waals surface area contributed by atoms with Crippen LogP contribution in [0.2, 0.25) is 0 Å². The van der Waals surface area contributed by atoms with Crippen molar-refractivity contribution >= 4 is 28.2 Å². The van der Waals surface area contributed by atoms with E-state index < -0.39 is 0 Å². The van der Waals surface area contributed by atoms with Crippen LogP contribution in [0.1, 0.15) is 35.6 Å². The second-order valence-electron chi connectivity index (χ2n) is 5.02. The maximum absolute atomic E-state index is 5.76. The molecule has 3 rings (SSSR count). The van der Waals surface area contributed by atoms with Gasteiger partial charge in [0.2, 0.25) is 0 Å². The molecular weight excluding hydrogens is 272 g/mol. The Morgan fingerprint density at radius 2 is 2.26 bits per heavy atom. The lowest BCUT2D eigenvalue weighted by Gasteiger charge is -2.25. The molecule has 1 unspecified atom stereocenters. The zero-order valence-corrected chi connectivity index (χ0v) is 12.7. The van der Waals surface area contributed by atoms with Crippen molar-refractivity contribution in [1.29, 1.82) is 0 Å². The van der Waals surface area contributed by atoms with E-state index in [-0.39, 0.29) is 0 Å². The molecule has 0 aliphatic heterocycles. The summed E-state index contributed by atoms with van der Waals surface area (Å²) in [5, 5.41) is 0.684. The van der Waals surface area contributed by atoms with Crippen LogP contribution in [0.4, 0.5) is 5.13 Å². The van der Waals surface area contributed by atoms with Gasteiger partial charge in [-0.25, -0.2) is 4.98 Å². The largest absolute Gasteiger partial charge is 0.375 e. The van der Waals surface area contributed by atoms with Crippen LogP contribution in [0.5, 0.6) is 0 Å². The van der Waals surface area contributed by atoms with Gasteiger partial charge in [-0.2, -0.15) is 0 Å². The van der Waals surface area contributed by atoms with Gasteiger partial charge in [0.1, 0.15) is 0 Å². The number of benzene rings is 1. The minimum Gasteiger partial charge on any atom is -0.375 e. The van der Waals surface area contributed by atoms with Gasteiger partial charge in [0.25, 0.3) is 0 Å². The smallest absolute Gasteiger partial charge is 0.181 e. The third kappa shape index (κ3) is 2.79. The van der Waals surface area contributed by atoms with E-state index in [0.29, 0.717) is 11.0 Å². The van der Waals surface area contributed by atoms with E-state index in [1.54, 1.807) is 22.5 Å². The summed E-state index contributed by atoms with van der Waals surface area (Å²) in [6.07, 6.45) is 3.85. The molecule has 1 heterocycles. The molecule has 1 atom stereocenters. The highest BCUT2D eigenvalue weighted by Crippen LogP contribution is 2.38. The molecule has 4 heteroatoms. The minimum absolute atomic E-state index is 0.678. The molecular formula is C15H18N2S2. The van der Waals surface area contributed by atoms with Crippen LogP contribution in [0.25, 0.3) is 0 Å². The van der Waals surface area contributed by atoms with Crippen molar-refractivity contribution in [3.8, 4) is 0 Å². The molecule has 0 bridgehead atoms. The number of aryl methyl sites for hydroxylation is 2. The second kappa shape index (κ2) is 5.55. The number of nitrogens with zero attached hydrogens (tertiary/aromatic N) is 1. The Bertz CT molecular complexity index is 577. The summed E-state index contributed by atoms with van der Waals surface area (Å²) in [7, 11) is 0. The first kappa shape index (κ1) is 13.0. The molecule has 0 saturated carbocycles. The van der Waals surface area contributed by atoms with Gasteiger partial charge in [0.15, 0.2) is 5.13 Å². The van der Waals surface area contributed by atoms with E-state index in [1.165, 1.54) is 23.5 Å². The molecule has 0 saturated heterocycles. The Hall–Kier alpha value is -1.00. The molecule has 2 aromatic rings. The van der Waals surface area contributed by atoms with Gasteiger partial charge < -0.3 is 5.73 Å². The van der Waals surface area contributed by atoms with Crippen molar-refractivity contribution in [3.05, 3.63) is 41.1 Å². The number of nitrogen functional groups attached to an aromatic ring is 1. The maximum Gasteiger partial charge on any atom is 0.181 e. The third-order valence-corrected chi connectivity index (χ3v) is 6.19. The van der Waals surface area contributed by atoms with Gasteiger partial charge in [0.05, 0.1) is 9.90 Å². The maximum atomic E-state index is 5.76. The molecule has 2 nitrogen and oxygen atoms in total. The molecule has 2 N–H and O–H groups in total. The van der Waals surface area contributed by atoms with Gasteiger partial charge >= 0.3 is 0 Å². The molecule has 1 aliphatic rings. The summed E-state index contributed by atoms with van der Waals surface area (Å²) in [5.41, 5.74) is 9.93. The Kier molecular flexibility index (Phi) is 3.80. The Morgan fingerprint density at radius 1 is 1.42 bits per heavy atom. The van der Waals surface area contributed by atoms with Crippen molar-refractivity contribution in [1.82, 2.24) is 4.98 Å². The fourth-order valence-corrected chi connectivity index (χ4v) is 4.96. The number of anilines is 1. The molecule has 0 amide bonds. The molecule has 19 heavy (non-hydrogen) atoms. The van der Waals surface area contributed by atoms with Crippen LogP contribution in [0.3, 0.4) is 0 Å². The normalized spacial score (nSPS) is 18.3. The molecule has 0 radical (unpaired) electrons. The average molecular weight is 290 g/mol. The Balaban J connectivity index is 1.73. The molecule has 100 valence electrons. The predicted octanol–water partition coefficient (Wildman–Crippen LogP) is 4.25. The van der Waals surface area contributed by atoms with Crippen LogP contribution >= 0.6 is 23.1 Å². The lowest BCUT2D eigenvalue weighted by Crippen LogP contribution is -2.11. The number of fused-ring (bicyclic) bond motifs is 1. The molecule has 0 fully saturated rings. The Morgan fingerprint density at radius 3 is 3.05 bits per heavy atom. The van der Waals surface area contributed by atoms with Crippen LogP contribution in [0, 0.1) is 6.92 Å². The van der Waals surface area contributed by atoms with Gasteiger partial charge in [-0.05, 0) is 43.2 Å². The highest BCUT2D eigenvalue weighted by molar-refractivity contribution is 8.01. The summed E-state index contributed by atoms with van der Waals surface area (Å²) >= 11 is 3.53. The van der Waals surface area contributed by atoms with E-state index in [9.17, 15) is 0 Å². The Labute approximate surface area is 122 Å². The van der Waals surface area contributed by atoms with Crippen molar-refractivity contribution in [2.45, 2.75) is 36.3 Å². The topological polar surface area (TPSA) is 38.9 Å². The highest BCUT2D eigenvalue weighted by atomic mass is 32.2. The molecule has 1 aromatic carbocycles. The fraction of sp³-hybridized carbons (Fsp3) is 0.400. The quantitative estimate of drug-likeness (QED) is 0.859. The average Bonchev–Trinajstić information content (AvgIpc) is 2.74. The van der Waals surface area contributed by atoms with Crippen molar-refractivity contribution < 1.29 is 0 Å². The zero-order chi connectivity index (χ0) is 13.2. The van der Waals surface area contributed by atoms with Crippen LogP contribution in [0.15, 0.2) is 28.5 Å². The van der Waals surface area contributed by atoms with Crippen LogP contribution < -0.4 is 5.73 Å². The summed E-state index contributed by atoms with van der Waals surface area (Å²) in [6, 6.07) is 8.90. The van der Waals surface area contributed by atoms with Crippen molar-refractivity contribution in [2.75, 3.05) is 11.5 Å². The first-order valence-electron chi connectivity index (χ1n) is 6.67. The van der Waals surface area contributed by atoms with Gasteiger partial charge in [-0.15, -0.1) is 11.8 Å². The monoisotopic (exact) mass is 290 g/mol. The lowest BCUT2D eigenvalue weighted by molar-refractivity contribution is 0.596. The van der Waals surface area contributed by atoms with Crippen LogP contribution in [-0.2, 0) is 6.42 Å². The SMILES string of the molecule is Cc1nc(N)sc1SCC1CCCc2ccccc21. The zero-order valence-electron chi connectivity index (χ0n) is 11.1. The van der Waals surface area contributed by atoms with Gasteiger partial charge in [-0.1, -0.05) is 35.6 Å². The number of thiazole rings is 1. The van der Waals surface area contributed by atoms with Gasteiger partial charge in [0, 0.05) is 5.75 Å². The van der Waals surface area contributed by atoms with E-state index in [4.69, 9.17) is 5.73 Å². The van der Waals surface area contributed by atoms with Crippen molar-refractivity contribution in [2.24, 2.45) is 0 Å². The number of aromatic nitrogens is 1. The number of rotatable bonds is 3. The van der Waals surface area contributed by atoms with E-state index >= 15 is 0 Å². The molecule has 0 spiro atoms. The first-order chi connectivity index (χ1) is 9.24. The number of nitrogens with two attached hydrogens (primary N) is 1. The first-order valence-corrected chi connectivity index (χ1v) is 8.48. The van der Waals surface area contributed by atoms with E-state index in [0.717, 1.165) is 11.4 Å². The summed E-state index contributed by atoms with van der Waals surface area (Å²) in [5.74, 6) is 1.82. The third-order valence-electron chi connectivity index (χ3n) is 3.68. The van der Waals surface area contributed by atoms with E-state index in [2.05, 4.69) is 29.2 Å². The number of hydrogen-bond acceptors (Lipinski definition) is 4. The lowest BCUT2D eigenvalue weighted by atomic mass is 9.84. The summed E-state index contributed by atoms with van der Waals surface area (Å²) in [4.78, 5) is 4.29. The predicted molar refractivity (Wildman–Crippen MR) is 84.1 cm³/mol. The van der Waals surface area contributed by atoms with E-state index in [1.807, 2.05) is 18.7 Å². The highest BCUT2D eigenvalue weighted by Gasteiger charge is 2.20. The summed E-state index contributed by atoms with van der Waals surface area (Å²) < 4.78 is 1.28. The molecule has 1 aromatic heterocycles. The fourth-order valence-electron chi connectivity index (χ4n) is 2.74. The minimum atomic E-state index is 0.678. The summed E-state index contributed by atoms with van der Waals surface area (Å²) in [6.45, 7) is 2.05. The number of thioether (sulfide) groups is 1. The van der Waals surface area contributed by atoms with Crippen LogP contribution in [-0.4, -0.2) is 10.7 Å². The standard InChI is InChI=1S/C15H18N2S2/c1-10-14(19-15(16)17-10)18-9-12-7-4-6-11-5-2-3-8-13(11)12/h2-3,5,8,12H,4,6-7,9H2,1H3,(H2,16,17).